The predicted octanol–water partition coefficient (Wildman–Crippen LogP) is 3.08. The number of carbonyl (C=O) groups is 1. The normalized spacial score (nSPS) is 12.3. The van der Waals surface area contributed by atoms with Gasteiger partial charge in [0.05, 0.1) is 6.61 Å². The van der Waals surface area contributed by atoms with E-state index in [2.05, 4.69) is 0 Å². The Morgan fingerprint density at radius 1 is 0.962 bits per heavy atom. The maximum atomic E-state index is 11.3. The van der Waals surface area contributed by atoms with Gasteiger partial charge in [0.15, 0.2) is 5.72 Å². The number of aliphatic carboxylic acids is 1. The maximum absolute atomic E-state index is 11.3. The van der Waals surface area contributed by atoms with Gasteiger partial charge in [-0.3, -0.25) is 4.90 Å². The molecule has 0 unspecified atom stereocenters. The Morgan fingerprint density at radius 2 is 1.42 bits per heavy atom. The number of rotatable bonds is 8. The molecule has 0 saturated carbocycles. The molecule has 0 spiro atoms. The fourth-order valence-electron chi connectivity index (χ4n) is 3.28. The van der Waals surface area contributed by atoms with Crippen molar-refractivity contribution in [2.24, 2.45) is 0 Å². The Balaban J connectivity index is 2.76. The second-order valence-electron chi connectivity index (χ2n) is 7.10. The zero-order chi connectivity index (χ0) is 19.2. The molecule has 0 saturated heterocycles. The molecule has 2 N–H and O–H groups in total. The van der Waals surface area contributed by atoms with Gasteiger partial charge < -0.3 is 14.9 Å². The van der Waals surface area contributed by atoms with Crippen LogP contribution in [-0.4, -0.2) is 46.4 Å². The summed E-state index contributed by atoms with van der Waals surface area (Å²) in [5.41, 5.74) is 0.0982. The minimum absolute atomic E-state index is 0.0743. The first kappa shape index (κ1) is 20.1. The SMILES string of the molecule is CC(C)(C)N(CCO)C(OCC(=O)O)(c1ccccc1)c1ccccc1. The van der Waals surface area contributed by atoms with Crippen LogP contribution in [0, 0.1) is 0 Å². The summed E-state index contributed by atoms with van der Waals surface area (Å²) >= 11 is 0. The number of aliphatic hydroxyl groups excluding tert-OH is 1. The lowest BCUT2D eigenvalue weighted by atomic mass is 9.88. The zero-order valence-corrected chi connectivity index (χ0v) is 15.6. The van der Waals surface area contributed by atoms with E-state index in [1.165, 1.54) is 0 Å². The number of hydrogen-bond donors (Lipinski definition) is 2. The zero-order valence-electron chi connectivity index (χ0n) is 15.6. The lowest BCUT2D eigenvalue weighted by Crippen LogP contribution is -2.58. The fraction of sp³-hybridized carbons (Fsp3) is 0.381. The average Bonchev–Trinajstić information content (AvgIpc) is 2.62. The van der Waals surface area contributed by atoms with E-state index in [4.69, 9.17) is 4.74 Å². The van der Waals surface area contributed by atoms with Crippen LogP contribution in [0.15, 0.2) is 60.7 Å². The highest BCUT2D eigenvalue weighted by molar-refractivity contribution is 5.68. The Bertz CT molecular complexity index is 655. The van der Waals surface area contributed by atoms with Crippen molar-refractivity contribution in [3.05, 3.63) is 71.8 Å². The summed E-state index contributed by atoms with van der Waals surface area (Å²) in [6.07, 6.45) is 0. The highest BCUT2D eigenvalue weighted by Crippen LogP contribution is 2.41. The molecule has 0 amide bonds. The van der Waals surface area contributed by atoms with Crippen LogP contribution in [0.4, 0.5) is 0 Å². The van der Waals surface area contributed by atoms with Crippen LogP contribution >= 0.6 is 0 Å². The molecule has 5 nitrogen and oxygen atoms in total. The topological polar surface area (TPSA) is 70.0 Å². The smallest absolute Gasteiger partial charge is 0.329 e. The van der Waals surface area contributed by atoms with E-state index in [1.807, 2.05) is 86.3 Å². The summed E-state index contributed by atoms with van der Waals surface area (Å²) in [6, 6.07) is 19.1. The molecule has 140 valence electrons. The van der Waals surface area contributed by atoms with Crippen molar-refractivity contribution in [2.75, 3.05) is 19.8 Å². The Labute approximate surface area is 154 Å². The molecule has 0 aliphatic rings. The summed E-state index contributed by atoms with van der Waals surface area (Å²) in [4.78, 5) is 13.4. The van der Waals surface area contributed by atoms with Gasteiger partial charge in [0.25, 0.3) is 0 Å². The first-order valence-electron chi connectivity index (χ1n) is 8.68. The van der Waals surface area contributed by atoms with Crippen molar-refractivity contribution >= 4 is 5.97 Å². The van der Waals surface area contributed by atoms with Gasteiger partial charge in [0, 0.05) is 23.2 Å². The predicted molar refractivity (Wildman–Crippen MR) is 101 cm³/mol. The van der Waals surface area contributed by atoms with Crippen molar-refractivity contribution in [1.29, 1.82) is 0 Å². The summed E-state index contributed by atoms with van der Waals surface area (Å²) in [6.45, 7) is 5.86. The summed E-state index contributed by atoms with van der Waals surface area (Å²) in [5, 5.41) is 19.0. The van der Waals surface area contributed by atoms with E-state index in [0.29, 0.717) is 6.54 Å². The summed E-state index contributed by atoms with van der Waals surface area (Å²) < 4.78 is 6.12. The minimum atomic E-state index is -1.14. The average molecular weight is 357 g/mol. The van der Waals surface area contributed by atoms with E-state index in [1.54, 1.807) is 0 Å². The number of hydrogen-bond acceptors (Lipinski definition) is 4. The second-order valence-corrected chi connectivity index (χ2v) is 7.10. The molecule has 0 atom stereocenters. The van der Waals surface area contributed by atoms with E-state index in [0.717, 1.165) is 11.1 Å². The Hall–Kier alpha value is -2.21. The largest absolute Gasteiger partial charge is 0.480 e. The Morgan fingerprint density at radius 3 is 1.77 bits per heavy atom. The van der Waals surface area contributed by atoms with Gasteiger partial charge in [0.1, 0.15) is 6.61 Å². The van der Waals surface area contributed by atoms with Crippen molar-refractivity contribution in [3.8, 4) is 0 Å². The van der Waals surface area contributed by atoms with Crippen LogP contribution in [-0.2, 0) is 15.3 Å². The molecule has 0 aliphatic carbocycles. The van der Waals surface area contributed by atoms with E-state index in [9.17, 15) is 15.0 Å². The molecule has 5 heteroatoms. The summed E-state index contributed by atoms with van der Waals surface area (Å²) in [7, 11) is 0. The standard InChI is InChI=1S/C21H27NO4/c1-20(2,3)22(14-15-23)21(26-16-19(24)25,17-10-6-4-7-11-17)18-12-8-5-9-13-18/h4-13,23H,14-16H2,1-3H3,(H,24,25). The first-order valence-corrected chi connectivity index (χ1v) is 8.68. The van der Waals surface area contributed by atoms with Crippen LogP contribution in [0.1, 0.15) is 31.9 Å². The van der Waals surface area contributed by atoms with Gasteiger partial charge in [-0.15, -0.1) is 0 Å². The first-order chi connectivity index (χ1) is 12.3. The molecule has 2 aromatic carbocycles. The number of nitrogens with zero attached hydrogens (tertiary/aromatic N) is 1. The number of β-amino-alcohol motifs (C(OH)–C–C–N with tert-alkyl or cyclic N) is 1. The monoisotopic (exact) mass is 357 g/mol. The quantitative estimate of drug-likeness (QED) is 0.711. The van der Waals surface area contributed by atoms with Crippen LogP contribution in [0.25, 0.3) is 0 Å². The summed E-state index contributed by atoms with van der Waals surface area (Å²) in [5.74, 6) is -1.04. The van der Waals surface area contributed by atoms with Gasteiger partial charge in [0.2, 0.25) is 0 Å². The lowest BCUT2D eigenvalue weighted by Gasteiger charge is -2.50. The molecule has 26 heavy (non-hydrogen) atoms. The van der Waals surface area contributed by atoms with E-state index < -0.39 is 23.8 Å². The number of benzene rings is 2. The van der Waals surface area contributed by atoms with E-state index >= 15 is 0 Å². The molecule has 2 rings (SSSR count). The highest BCUT2D eigenvalue weighted by Gasteiger charge is 2.46. The van der Waals surface area contributed by atoms with Crippen LogP contribution in [0.3, 0.4) is 0 Å². The van der Waals surface area contributed by atoms with E-state index in [-0.39, 0.29) is 6.61 Å². The van der Waals surface area contributed by atoms with Gasteiger partial charge in [-0.2, -0.15) is 0 Å². The van der Waals surface area contributed by atoms with Gasteiger partial charge in [-0.05, 0) is 20.8 Å². The van der Waals surface area contributed by atoms with Gasteiger partial charge in [-0.25, -0.2) is 4.79 Å². The number of aliphatic hydroxyl groups is 1. The molecule has 0 radical (unpaired) electrons. The molecular formula is C21H27NO4. The van der Waals surface area contributed by atoms with Gasteiger partial charge >= 0.3 is 5.97 Å². The number of carboxylic acid groups (broad SMARTS) is 1. The lowest BCUT2D eigenvalue weighted by molar-refractivity contribution is -0.184. The molecule has 0 heterocycles. The van der Waals surface area contributed by atoms with Crippen LogP contribution in [0.5, 0.6) is 0 Å². The molecular weight excluding hydrogens is 330 g/mol. The van der Waals surface area contributed by atoms with Crippen molar-refractivity contribution in [1.82, 2.24) is 4.90 Å². The molecule has 0 bridgehead atoms. The van der Waals surface area contributed by atoms with Crippen molar-refractivity contribution in [3.63, 3.8) is 0 Å². The Kier molecular flexibility index (Phi) is 6.53. The molecule has 0 fully saturated rings. The minimum Gasteiger partial charge on any atom is -0.480 e. The van der Waals surface area contributed by atoms with Crippen molar-refractivity contribution in [2.45, 2.75) is 32.0 Å². The van der Waals surface area contributed by atoms with Crippen molar-refractivity contribution < 1.29 is 19.7 Å². The number of carboxylic acids is 1. The molecule has 0 aromatic heterocycles. The fourth-order valence-corrected chi connectivity index (χ4v) is 3.28. The third kappa shape index (κ3) is 4.30. The third-order valence-corrected chi connectivity index (χ3v) is 4.25. The second kappa shape index (κ2) is 8.45. The highest BCUT2D eigenvalue weighted by atomic mass is 16.5. The number of ether oxygens (including phenoxy) is 1. The van der Waals surface area contributed by atoms with Crippen LogP contribution in [0.2, 0.25) is 0 Å². The maximum Gasteiger partial charge on any atom is 0.329 e. The third-order valence-electron chi connectivity index (χ3n) is 4.25. The van der Waals surface area contributed by atoms with Gasteiger partial charge in [-0.1, -0.05) is 60.7 Å². The molecule has 2 aromatic rings. The molecule has 0 aliphatic heterocycles. The van der Waals surface area contributed by atoms with Crippen LogP contribution < -0.4 is 0 Å².